The standard InChI is InChI=1S/C24H27Cl2N3O3/c1-22(2)6-8-23(9-7-22)24(15-4-3-14(25)12-16(15)28-21(24)32)18(19(29-23)20(30)31)13-5-10-27-17(26)11-13/h3-5,10-12,18-19,21,28-29,32H,6-9H2,1-2H3,(H,30,31)/t18-,19+,21?,24?/m0/s1. The third kappa shape index (κ3) is 3.00. The number of aliphatic hydroxyl groups excluding tert-OH is 1. The van der Waals surface area contributed by atoms with Gasteiger partial charge < -0.3 is 15.5 Å². The van der Waals surface area contributed by atoms with Gasteiger partial charge in [-0.2, -0.15) is 0 Å². The number of benzene rings is 1. The van der Waals surface area contributed by atoms with Crippen LogP contribution in [0.25, 0.3) is 0 Å². The van der Waals surface area contributed by atoms with Gasteiger partial charge in [-0.15, -0.1) is 0 Å². The van der Waals surface area contributed by atoms with Gasteiger partial charge in [-0.05, 0) is 66.5 Å². The van der Waals surface area contributed by atoms with Crippen LogP contribution in [-0.4, -0.2) is 39.0 Å². The van der Waals surface area contributed by atoms with Gasteiger partial charge in [0.2, 0.25) is 0 Å². The van der Waals surface area contributed by atoms with E-state index in [0.717, 1.165) is 42.5 Å². The van der Waals surface area contributed by atoms with Crippen LogP contribution in [0.3, 0.4) is 0 Å². The lowest BCUT2D eigenvalue weighted by atomic mass is 9.53. The molecule has 1 aromatic carbocycles. The van der Waals surface area contributed by atoms with Crippen molar-refractivity contribution in [1.29, 1.82) is 0 Å². The lowest BCUT2D eigenvalue weighted by Crippen LogP contribution is -2.62. The summed E-state index contributed by atoms with van der Waals surface area (Å²) in [7, 11) is 0. The van der Waals surface area contributed by atoms with E-state index in [0.29, 0.717) is 10.2 Å². The number of hydrogen-bond donors (Lipinski definition) is 4. The Balaban J connectivity index is 1.80. The second kappa shape index (κ2) is 7.32. The van der Waals surface area contributed by atoms with E-state index < -0.39 is 35.1 Å². The molecule has 3 aliphatic rings. The minimum atomic E-state index is -0.994. The fourth-order valence-electron chi connectivity index (χ4n) is 6.51. The van der Waals surface area contributed by atoms with Crippen LogP contribution in [0.1, 0.15) is 56.6 Å². The van der Waals surface area contributed by atoms with Gasteiger partial charge in [0.15, 0.2) is 0 Å². The van der Waals surface area contributed by atoms with E-state index >= 15 is 0 Å². The van der Waals surface area contributed by atoms with Gasteiger partial charge >= 0.3 is 5.97 Å². The molecule has 1 saturated heterocycles. The van der Waals surface area contributed by atoms with Crippen LogP contribution in [0, 0.1) is 5.41 Å². The number of carboxylic acid groups (broad SMARTS) is 1. The Labute approximate surface area is 197 Å². The predicted molar refractivity (Wildman–Crippen MR) is 124 cm³/mol. The summed E-state index contributed by atoms with van der Waals surface area (Å²) >= 11 is 12.5. The molecule has 2 unspecified atom stereocenters. The molecule has 1 saturated carbocycles. The molecule has 2 aromatic rings. The Morgan fingerprint density at radius 3 is 2.50 bits per heavy atom. The smallest absolute Gasteiger partial charge is 0.321 e. The molecule has 170 valence electrons. The molecule has 0 radical (unpaired) electrons. The van der Waals surface area contributed by atoms with Gasteiger partial charge in [-0.1, -0.05) is 43.1 Å². The normalized spacial score (nSPS) is 32.1. The number of hydrogen-bond acceptors (Lipinski definition) is 5. The fraction of sp³-hybridized carbons (Fsp3) is 0.500. The maximum absolute atomic E-state index is 12.6. The van der Waals surface area contributed by atoms with Crippen LogP contribution in [0.5, 0.6) is 0 Å². The quantitative estimate of drug-likeness (QED) is 0.476. The van der Waals surface area contributed by atoms with Crippen molar-refractivity contribution in [2.45, 2.75) is 68.7 Å². The molecule has 8 heteroatoms. The summed E-state index contributed by atoms with van der Waals surface area (Å²) in [4.78, 5) is 16.7. The van der Waals surface area contributed by atoms with Crippen LogP contribution in [0.2, 0.25) is 10.2 Å². The highest BCUT2D eigenvalue weighted by Crippen LogP contribution is 2.64. The number of carboxylic acids is 1. The van der Waals surface area contributed by atoms with Crippen molar-refractivity contribution in [2.24, 2.45) is 5.41 Å². The summed E-state index contributed by atoms with van der Waals surface area (Å²) in [5, 5.41) is 29.6. The molecule has 3 heterocycles. The number of aliphatic hydroxyl groups is 1. The maximum atomic E-state index is 12.6. The van der Waals surface area contributed by atoms with Gasteiger partial charge in [0.1, 0.15) is 17.4 Å². The van der Waals surface area contributed by atoms with Crippen LogP contribution < -0.4 is 10.6 Å². The average molecular weight is 476 g/mol. The first-order valence-corrected chi connectivity index (χ1v) is 11.7. The molecule has 32 heavy (non-hydrogen) atoms. The number of nitrogens with one attached hydrogen (secondary N) is 2. The number of nitrogens with zero attached hydrogens (tertiary/aromatic N) is 1. The number of fused-ring (bicyclic) bond motifs is 3. The van der Waals surface area contributed by atoms with E-state index in [1.807, 2.05) is 18.2 Å². The SMILES string of the molecule is CC1(C)CCC2(CC1)N[C@@H](C(=O)O)[C@H](c1ccnc(Cl)c1)C21c2ccc(Cl)cc2NC1O. The van der Waals surface area contributed by atoms with Crippen molar-refractivity contribution in [3.63, 3.8) is 0 Å². The largest absolute Gasteiger partial charge is 0.480 e. The number of halogens is 2. The van der Waals surface area contributed by atoms with E-state index in [-0.39, 0.29) is 5.41 Å². The molecule has 6 nitrogen and oxygen atoms in total. The zero-order valence-electron chi connectivity index (χ0n) is 18.0. The lowest BCUT2D eigenvalue weighted by molar-refractivity contribution is -0.139. The van der Waals surface area contributed by atoms with Gasteiger partial charge in [0, 0.05) is 28.4 Å². The number of pyridine rings is 1. The molecule has 0 amide bonds. The van der Waals surface area contributed by atoms with Gasteiger partial charge in [0.05, 0.1) is 5.41 Å². The molecule has 2 aliphatic heterocycles. The van der Waals surface area contributed by atoms with Crippen molar-refractivity contribution in [2.75, 3.05) is 5.32 Å². The first kappa shape index (κ1) is 22.0. The maximum Gasteiger partial charge on any atom is 0.321 e. The van der Waals surface area contributed by atoms with Crippen molar-refractivity contribution in [3.8, 4) is 0 Å². The summed E-state index contributed by atoms with van der Waals surface area (Å²) in [6.45, 7) is 4.49. The third-order valence-corrected chi connectivity index (χ3v) is 8.47. The summed E-state index contributed by atoms with van der Waals surface area (Å²) in [5.74, 6) is -1.51. The summed E-state index contributed by atoms with van der Waals surface area (Å²) in [5.41, 5.74) is 1.00. The number of carbonyl (C=O) groups is 1. The highest BCUT2D eigenvalue weighted by molar-refractivity contribution is 6.31. The van der Waals surface area contributed by atoms with Crippen LogP contribution in [0.4, 0.5) is 5.69 Å². The van der Waals surface area contributed by atoms with E-state index in [4.69, 9.17) is 23.2 Å². The van der Waals surface area contributed by atoms with Crippen LogP contribution >= 0.6 is 23.2 Å². The Bertz CT molecular complexity index is 1080. The van der Waals surface area contributed by atoms with Crippen LogP contribution in [-0.2, 0) is 10.2 Å². The predicted octanol–water partition coefficient (Wildman–Crippen LogP) is 4.55. The Morgan fingerprint density at radius 2 is 1.84 bits per heavy atom. The topological polar surface area (TPSA) is 94.5 Å². The Kier molecular flexibility index (Phi) is 5.02. The van der Waals surface area contributed by atoms with E-state index in [9.17, 15) is 15.0 Å². The molecule has 2 fully saturated rings. The van der Waals surface area contributed by atoms with Crippen molar-refractivity contribution in [3.05, 3.63) is 57.8 Å². The molecule has 0 bridgehead atoms. The summed E-state index contributed by atoms with van der Waals surface area (Å²) in [6, 6.07) is 8.19. The summed E-state index contributed by atoms with van der Waals surface area (Å²) < 4.78 is 0. The van der Waals surface area contributed by atoms with Crippen LogP contribution in [0.15, 0.2) is 36.5 Å². The van der Waals surface area contributed by atoms with Gasteiger partial charge in [-0.3, -0.25) is 10.1 Å². The number of aromatic nitrogens is 1. The van der Waals surface area contributed by atoms with Crippen molar-refractivity contribution < 1.29 is 15.0 Å². The molecule has 2 spiro atoms. The van der Waals surface area contributed by atoms with Gasteiger partial charge in [0.25, 0.3) is 0 Å². The van der Waals surface area contributed by atoms with Gasteiger partial charge in [-0.25, -0.2) is 4.98 Å². The third-order valence-electron chi connectivity index (χ3n) is 8.03. The molecular weight excluding hydrogens is 449 g/mol. The lowest BCUT2D eigenvalue weighted by Gasteiger charge is -2.52. The second-order valence-electron chi connectivity index (χ2n) is 10.2. The molecule has 4 N–H and O–H groups in total. The molecule has 1 aromatic heterocycles. The van der Waals surface area contributed by atoms with E-state index in [1.165, 1.54) is 0 Å². The minimum Gasteiger partial charge on any atom is -0.480 e. The molecular formula is C24H27Cl2N3O3. The minimum absolute atomic E-state index is 0.157. The Hall–Kier alpha value is -1.86. The highest BCUT2D eigenvalue weighted by Gasteiger charge is 2.72. The van der Waals surface area contributed by atoms with Crippen molar-refractivity contribution in [1.82, 2.24) is 10.3 Å². The Morgan fingerprint density at radius 1 is 1.12 bits per heavy atom. The summed E-state index contributed by atoms with van der Waals surface area (Å²) in [6.07, 6.45) is 3.95. The average Bonchev–Trinajstić information content (AvgIpc) is 3.18. The van der Waals surface area contributed by atoms with E-state index in [1.54, 1.807) is 18.3 Å². The first-order valence-electron chi connectivity index (χ1n) is 11.0. The monoisotopic (exact) mass is 475 g/mol. The number of anilines is 1. The first-order chi connectivity index (χ1) is 15.1. The number of aliphatic carboxylic acids is 1. The second-order valence-corrected chi connectivity index (χ2v) is 11.0. The zero-order valence-corrected chi connectivity index (χ0v) is 19.5. The zero-order chi connectivity index (χ0) is 22.9. The fourth-order valence-corrected chi connectivity index (χ4v) is 6.86. The highest BCUT2D eigenvalue weighted by atomic mass is 35.5. The van der Waals surface area contributed by atoms with Crippen molar-refractivity contribution >= 4 is 34.9 Å². The molecule has 5 rings (SSSR count). The number of rotatable bonds is 2. The molecule has 4 atom stereocenters. The molecule has 1 aliphatic carbocycles. The van der Waals surface area contributed by atoms with E-state index in [2.05, 4.69) is 29.5 Å².